The maximum absolute atomic E-state index is 11.3. The lowest BCUT2D eigenvalue weighted by atomic mass is 9.96. The average Bonchev–Trinajstić information content (AvgIpc) is 2.62. The molecule has 0 unspecified atom stereocenters. The topological polar surface area (TPSA) is 51.7 Å². The highest BCUT2D eigenvalue weighted by atomic mass is 16.5. The predicted octanol–water partition coefficient (Wildman–Crippen LogP) is 4.22. The summed E-state index contributed by atoms with van der Waals surface area (Å²) < 4.78 is 11.7. The van der Waals surface area contributed by atoms with Crippen LogP contribution in [0.15, 0.2) is 42.6 Å². The third kappa shape index (κ3) is 5.22. The van der Waals surface area contributed by atoms with Crippen molar-refractivity contribution in [2.75, 3.05) is 24.6 Å². The van der Waals surface area contributed by atoms with Crippen LogP contribution in [0, 0.1) is 0 Å². The van der Waals surface area contributed by atoms with Crippen molar-refractivity contribution >= 4 is 11.6 Å². The van der Waals surface area contributed by atoms with E-state index in [0.29, 0.717) is 6.42 Å². The zero-order valence-electron chi connectivity index (χ0n) is 16.4. The molecule has 0 saturated carbocycles. The van der Waals surface area contributed by atoms with Gasteiger partial charge in [-0.2, -0.15) is 0 Å². The Morgan fingerprint density at radius 3 is 2.63 bits per heavy atom. The van der Waals surface area contributed by atoms with Crippen molar-refractivity contribution in [2.24, 2.45) is 0 Å². The fourth-order valence-electron chi connectivity index (χ4n) is 3.20. The summed E-state index contributed by atoms with van der Waals surface area (Å²) in [6, 6.07) is 12.0. The molecule has 0 spiro atoms. The Morgan fingerprint density at radius 2 is 1.96 bits per heavy atom. The first kappa shape index (κ1) is 19.2. The molecule has 2 heterocycles. The first-order valence-corrected chi connectivity index (χ1v) is 9.65. The zero-order valence-corrected chi connectivity index (χ0v) is 16.4. The lowest BCUT2D eigenvalue weighted by Crippen LogP contribution is -2.54. The Hall–Kier alpha value is -2.56. The van der Waals surface area contributed by atoms with Crippen LogP contribution < -0.4 is 14.4 Å². The number of hydrogen-bond donors (Lipinski definition) is 0. The number of ether oxygens (including phenoxy) is 2. The van der Waals surface area contributed by atoms with Crippen LogP contribution in [0.2, 0.25) is 0 Å². The van der Waals surface area contributed by atoms with Gasteiger partial charge in [0, 0.05) is 18.7 Å². The second-order valence-corrected chi connectivity index (χ2v) is 7.22. The Bertz CT molecular complexity index is 754. The Labute approximate surface area is 161 Å². The Kier molecular flexibility index (Phi) is 6.32. The summed E-state index contributed by atoms with van der Waals surface area (Å²) in [6.45, 7) is 8.15. The van der Waals surface area contributed by atoms with Crippen molar-refractivity contribution in [1.82, 2.24) is 4.98 Å². The van der Waals surface area contributed by atoms with Crippen LogP contribution in [0.3, 0.4) is 0 Å². The predicted molar refractivity (Wildman–Crippen MR) is 107 cm³/mol. The summed E-state index contributed by atoms with van der Waals surface area (Å²) in [5.74, 6) is 3.11. The largest absolute Gasteiger partial charge is 0.493 e. The maximum Gasteiger partial charge on any atom is 0.134 e. The number of Topliss-reactive ketones (excluding diaryl/α,β-unsaturated/α-hetero) is 1. The molecule has 1 aliphatic rings. The minimum atomic E-state index is 0.160. The fraction of sp³-hybridized carbons (Fsp3) is 0.455. The number of rotatable bonds is 9. The molecular formula is C22H28N2O3. The van der Waals surface area contributed by atoms with Crippen molar-refractivity contribution in [2.45, 2.75) is 45.6 Å². The third-order valence-electron chi connectivity index (χ3n) is 4.71. The second-order valence-electron chi connectivity index (χ2n) is 7.22. The quantitative estimate of drug-likeness (QED) is 0.663. The maximum atomic E-state index is 11.3. The number of pyridine rings is 1. The monoisotopic (exact) mass is 368 g/mol. The van der Waals surface area contributed by atoms with E-state index in [2.05, 4.69) is 35.9 Å². The van der Waals surface area contributed by atoms with Gasteiger partial charge in [0.1, 0.15) is 29.2 Å². The number of anilines is 1. The summed E-state index contributed by atoms with van der Waals surface area (Å²) >= 11 is 0. The fourth-order valence-corrected chi connectivity index (χ4v) is 3.20. The third-order valence-corrected chi connectivity index (χ3v) is 4.71. The van der Waals surface area contributed by atoms with E-state index < -0.39 is 0 Å². The average molecular weight is 368 g/mol. The lowest BCUT2D eigenvalue weighted by molar-refractivity contribution is -0.117. The van der Waals surface area contributed by atoms with Crippen molar-refractivity contribution in [3.8, 4) is 11.5 Å². The lowest BCUT2D eigenvalue weighted by Gasteiger charge is -2.39. The summed E-state index contributed by atoms with van der Waals surface area (Å²) in [7, 11) is 0. The number of carbonyl (C=O) groups excluding carboxylic acids is 1. The van der Waals surface area contributed by atoms with E-state index in [0.717, 1.165) is 43.4 Å². The standard InChI is InChI=1S/C22H28N2O3/c1-4-11-26-20-9-10-23-22(13-20)24-14-21(15-24)27-19-7-5-18(6-8-19)16(2)12-17(3)25/h5-10,13,16,21H,4,11-12,14-15H2,1-3H3/t16-/m1/s1. The van der Waals surface area contributed by atoms with Gasteiger partial charge in [0.2, 0.25) is 0 Å². The molecule has 3 rings (SSSR count). The van der Waals surface area contributed by atoms with E-state index in [1.54, 1.807) is 13.1 Å². The summed E-state index contributed by atoms with van der Waals surface area (Å²) in [4.78, 5) is 17.9. The molecule has 0 bridgehead atoms. The van der Waals surface area contributed by atoms with Crippen molar-refractivity contribution in [3.05, 3.63) is 48.2 Å². The molecule has 2 aromatic rings. The van der Waals surface area contributed by atoms with E-state index in [9.17, 15) is 4.79 Å². The number of carbonyl (C=O) groups is 1. The van der Waals surface area contributed by atoms with Gasteiger partial charge in [0.25, 0.3) is 0 Å². The number of aromatic nitrogens is 1. The SMILES string of the molecule is CCCOc1ccnc(N2CC(Oc3ccc([C@H](C)CC(C)=O)cc3)C2)c1. The molecule has 5 heteroatoms. The summed E-state index contributed by atoms with van der Waals surface area (Å²) in [5.41, 5.74) is 1.17. The van der Waals surface area contributed by atoms with Crippen LogP contribution in [-0.2, 0) is 4.79 Å². The second kappa shape index (κ2) is 8.89. The van der Waals surface area contributed by atoms with Crippen molar-refractivity contribution < 1.29 is 14.3 Å². The van der Waals surface area contributed by atoms with Crippen molar-refractivity contribution in [3.63, 3.8) is 0 Å². The van der Waals surface area contributed by atoms with Crippen LogP contribution >= 0.6 is 0 Å². The Balaban J connectivity index is 1.50. The van der Waals surface area contributed by atoms with E-state index in [1.165, 1.54) is 5.56 Å². The van der Waals surface area contributed by atoms with Gasteiger partial charge in [0.15, 0.2) is 0 Å². The molecular weight excluding hydrogens is 340 g/mol. The van der Waals surface area contributed by atoms with Gasteiger partial charge < -0.3 is 19.2 Å². The molecule has 0 amide bonds. The summed E-state index contributed by atoms with van der Waals surface area (Å²) in [6.07, 6.45) is 3.51. The van der Waals surface area contributed by atoms with Gasteiger partial charge in [-0.25, -0.2) is 4.98 Å². The van der Waals surface area contributed by atoms with Crippen LogP contribution in [0.4, 0.5) is 5.82 Å². The van der Waals surface area contributed by atoms with Crippen molar-refractivity contribution in [1.29, 1.82) is 0 Å². The molecule has 0 aliphatic carbocycles. The zero-order chi connectivity index (χ0) is 19.2. The van der Waals surface area contributed by atoms with E-state index in [4.69, 9.17) is 9.47 Å². The number of hydrogen-bond acceptors (Lipinski definition) is 5. The molecule has 0 N–H and O–H groups in total. The summed E-state index contributed by atoms with van der Waals surface area (Å²) in [5, 5.41) is 0. The normalized spacial score (nSPS) is 15.1. The first-order valence-electron chi connectivity index (χ1n) is 9.65. The number of ketones is 1. The molecule has 1 aromatic carbocycles. The smallest absolute Gasteiger partial charge is 0.134 e. The van der Waals surface area contributed by atoms with Crippen LogP contribution in [0.25, 0.3) is 0 Å². The van der Waals surface area contributed by atoms with Crippen LogP contribution in [0.1, 0.15) is 45.1 Å². The molecule has 1 atom stereocenters. The van der Waals surface area contributed by atoms with Gasteiger partial charge in [-0.1, -0.05) is 26.0 Å². The highest BCUT2D eigenvalue weighted by Gasteiger charge is 2.29. The van der Waals surface area contributed by atoms with Gasteiger partial charge in [-0.05, 0) is 43.0 Å². The Morgan fingerprint density at radius 1 is 1.22 bits per heavy atom. The molecule has 1 aromatic heterocycles. The minimum absolute atomic E-state index is 0.160. The van der Waals surface area contributed by atoms with Crippen LogP contribution in [-0.4, -0.2) is 36.6 Å². The molecule has 144 valence electrons. The number of benzene rings is 1. The van der Waals surface area contributed by atoms with Gasteiger partial charge in [-0.3, -0.25) is 0 Å². The number of nitrogens with zero attached hydrogens (tertiary/aromatic N) is 2. The van der Waals surface area contributed by atoms with Gasteiger partial charge >= 0.3 is 0 Å². The minimum Gasteiger partial charge on any atom is -0.493 e. The molecule has 0 radical (unpaired) electrons. The van der Waals surface area contributed by atoms with Crippen LogP contribution in [0.5, 0.6) is 11.5 Å². The molecule has 1 fully saturated rings. The highest BCUT2D eigenvalue weighted by Crippen LogP contribution is 2.27. The van der Waals surface area contributed by atoms with E-state index >= 15 is 0 Å². The molecule has 1 saturated heterocycles. The molecule has 5 nitrogen and oxygen atoms in total. The highest BCUT2D eigenvalue weighted by molar-refractivity contribution is 5.76. The van der Waals surface area contributed by atoms with Gasteiger partial charge in [0.05, 0.1) is 19.7 Å². The van der Waals surface area contributed by atoms with E-state index in [1.807, 2.05) is 24.3 Å². The molecule has 27 heavy (non-hydrogen) atoms. The first-order chi connectivity index (χ1) is 13.0. The van der Waals surface area contributed by atoms with E-state index in [-0.39, 0.29) is 17.8 Å². The molecule has 1 aliphatic heterocycles. The van der Waals surface area contributed by atoms with Gasteiger partial charge in [-0.15, -0.1) is 0 Å².